The maximum absolute atomic E-state index is 13.3. The van der Waals surface area contributed by atoms with Gasteiger partial charge in [0.2, 0.25) is 5.91 Å². The van der Waals surface area contributed by atoms with Crippen LogP contribution in [-0.2, 0) is 17.6 Å². The highest BCUT2D eigenvalue weighted by Crippen LogP contribution is 2.36. The van der Waals surface area contributed by atoms with Crippen LogP contribution in [0.15, 0.2) is 48.5 Å². The van der Waals surface area contributed by atoms with E-state index >= 15 is 0 Å². The van der Waals surface area contributed by atoms with Gasteiger partial charge in [-0.3, -0.25) is 4.79 Å². The summed E-state index contributed by atoms with van der Waals surface area (Å²) >= 11 is 0. The van der Waals surface area contributed by atoms with E-state index in [0.717, 1.165) is 29.8 Å². The minimum Gasteiger partial charge on any atom is -0.493 e. The number of methoxy groups -OCH3 is 1. The zero-order valence-electron chi connectivity index (χ0n) is 20.7. The molecule has 194 valence electrons. The Balaban J connectivity index is 1.35. The van der Waals surface area contributed by atoms with Gasteiger partial charge in [0, 0.05) is 31.4 Å². The monoisotopic (exact) mass is 506 g/mol. The summed E-state index contributed by atoms with van der Waals surface area (Å²) in [5, 5.41) is 17.0. The van der Waals surface area contributed by atoms with Gasteiger partial charge in [0.05, 0.1) is 19.3 Å². The van der Waals surface area contributed by atoms with Crippen LogP contribution in [0, 0.1) is 10.1 Å². The highest BCUT2D eigenvalue weighted by Gasteiger charge is 2.32. The number of hydrogen-bond acceptors (Lipinski definition) is 8. The molecular weight excluding hydrogens is 476 g/mol. The van der Waals surface area contributed by atoms with E-state index in [2.05, 4.69) is 32.2 Å². The summed E-state index contributed by atoms with van der Waals surface area (Å²) in [7, 11) is 1.64. The average Bonchev–Trinajstić information content (AvgIpc) is 3.35. The molecule has 2 fully saturated rings. The van der Waals surface area contributed by atoms with Crippen LogP contribution in [-0.4, -0.2) is 69.8 Å². The van der Waals surface area contributed by atoms with Crippen molar-refractivity contribution in [2.75, 3.05) is 31.6 Å². The third-order valence-electron chi connectivity index (χ3n) is 6.98. The molecule has 2 heterocycles. The Labute approximate surface area is 214 Å². The summed E-state index contributed by atoms with van der Waals surface area (Å²) in [6, 6.07) is 15.9. The van der Waals surface area contributed by atoms with Crippen LogP contribution >= 0.6 is 0 Å². The van der Waals surface area contributed by atoms with Crippen LogP contribution in [0.25, 0.3) is 0 Å². The second-order valence-corrected chi connectivity index (χ2v) is 9.39. The molecule has 1 aromatic heterocycles. The van der Waals surface area contributed by atoms with E-state index < -0.39 is 10.9 Å². The lowest BCUT2D eigenvalue weighted by Gasteiger charge is -2.42. The lowest BCUT2D eigenvalue weighted by Crippen LogP contribution is -2.56. The van der Waals surface area contributed by atoms with Crippen molar-refractivity contribution in [2.24, 2.45) is 0 Å². The fourth-order valence-corrected chi connectivity index (χ4v) is 4.79. The summed E-state index contributed by atoms with van der Waals surface area (Å²) in [6.45, 7) is 1.78. The predicted octanol–water partition coefficient (Wildman–Crippen LogP) is 3.16. The van der Waals surface area contributed by atoms with E-state index in [4.69, 9.17) is 9.47 Å². The van der Waals surface area contributed by atoms with Gasteiger partial charge in [0.25, 0.3) is 5.82 Å². The van der Waals surface area contributed by atoms with Gasteiger partial charge in [-0.25, -0.2) is 0 Å². The molecule has 11 heteroatoms. The first-order valence-electron chi connectivity index (χ1n) is 12.5. The number of carbonyl (C=O) groups is 1. The van der Waals surface area contributed by atoms with E-state index in [9.17, 15) is 14.9 Å². The molecule has 2 aromatic carbocycles. The molecule has 1 aliphatic carbocycles. The molecule has 11 nitrogen and oxygen atoms in total. The second-order valence-electron chi connectivity index (χ2n) is 9.39. The van der Waals surface area contributed by atoms with Crippen LogP contribution in [0.2, 0.25) is 0 Å². The first-order chi connectivity index (χ1) is 18.0. The highest BCUT2D eigenvalue weighted by molar-refractivity contribution is 5.79. The smallest absolute Gasteiger partial charge is 0.453 e. The van der Waals surface area contributed by atoms with Crippen molar-refractivity contribution in [1.29, 1.82) is 0 Å². The minimum absolute atomic E-state index is 0.0997. The molecule has 2 aliphatic rings. The van der Waals surface area contributed by atoms with Crippen molar-refractivity contribution in [2.45, 2.75) is 44.2 Å². The standard InChI is InChI=1S/C26H30N6O5/c1-36-22-11-10-19(15-23(22)37-21-8-5-9-21)30-12-13-31(20(17-30)14-18-6-3-2-4-7-18)25(33)16-24-27-26(29-28-24)32(34)35/h2-4,6-7,10-11,15,20-21H,5,8-9,12-14,16-17H2,1H3,(H,27,28,29)/t20-/m0/s1. The van der Waals surface area contributed by atoms with Crippen LogP contribution < -0.4 is 14.4 Å². The van der Waals surface area contributed by atoms with Crippen molar-refractivity contribution in [3.63, 3.8) is 0 Å². The van der Waals surface area contributed by atoms with Gasteiger partial charge in [-0.1, -0.05) is 35.4 Å². The first kappa shape index (κ1) is 24.5. The lowest BCUT2D eigenvalue weighted by atomic mass is 9.96. The number of piperazine rings is 1. The fraction of sp³-hybridized carbons (Fsp3) is 0.423. The summed E-state index contributed by atoms with van der Waals surface area (Å²) < 4.78 is 11.7. The third kappa shape index (κ3) is 5.65. The molecule has 0 spiro atoms. The molecule has 37 heavy (non-hydrogen) atoms. The normalized spacial score (nSPS) is 17.8. The Hall–Kier alpha value is -4.15. The Kier molecular flexibility index (Phi) is 7.20. The number of carbonyl (C=O) groups excluding carboxylic acids is 1. The van der Waals surface area contributed by atoms with Gasteiger partial charge in [-0.05, 0) is 53.3 Å². The van der Waals surface area contributed by atoms with Crippen molar-refractivity contribution in [1.82, 2.24) is 20.1 Å². The van der Waals surface area contributed by atoms with E-state index in [1.807, 2.05) is 41.3 Å². The van der Waals surface area contributed by atoms with E-state index in [-0.39, 0.29) is 30.3 Å². The number of amides is 1. The van der Waals surface area contributed by atoms with Gasteiger partial charge in [-0.15, -0.1) is 5.10 Å². The van der Waals surface area contributed by atoms with Gasteiger partial charge in [-0.2, -0.15) is 0 Å². The summed E-state index contributed by atoms with van der Waals surface area (Å²) in [5.41, 5.74) is 2.15. The average molecular weight is 507 g/mol. The molecule has 1 N–H and O–H groups in total. The van der Waals surface area contributed by atoms with E-state index in [1.54, 1.807) is 7.11 Å². The molecule has 1 saturated carbocycles. The summed E-state index contributed by atoms with van der Waals surface area (Å²) in [4.78, 5) is 31.5. The quantitative estimate of drug-likeness (QED) is 0.346. The van der Waals surface area contributed by atoms with Gasteiger partial charge in [0.15, 0.2) is 11.5 Å². The number of nitrogens with zero attached hydrogens (tertiary/aromatic N) is 5. The Morgan fingerprint density at radius 3 is 2.65 bits per heavy atom. The van der Waals surface area contributed by atoms with Gasteiger partial charge >= 0.3 is 5.95 Å². The van der Waals surface area contributed by atoms with Crippen LogP contribution in [0.1, 0.15) is 30.7 Å². The second kappa shape index (κ2) is 10.9. The summed E-state index contributed by atoms with van der Waals surface area (Å²) in [5.74, 6) is 0.955. The number of nitrogens with one attached hydrogen (secondary N) is 1. The molecule has 5 rings (SSSR count). The zero-order chi connectivity index (χ0) is 25.8. The number of ether oxygens (including phenoxy) is 2. The largest absolute Gasteiger partial charge is 0.493 e. The molecule has 1 aliphatic heterocycles. The number of benzene rings is 2. The lowest BCUT2D eigenvalue weighted by molar-refractivity contribution is -0.394. The van der Waals surface area contributed by atoms with Crippen LogP contribution in [0.4, 0.5) is 11.6 Å². The molecule has 0 unspecified atom stereocenters. The summed E-state index contributed by atoms with van der Waals surface area (Å²) in [6.07, 6.45) is 4.11. The van der Waals surface area contributed by atoms with Crippen molar-refractivity contribution < 1.29 is 19.2 Å². The van der Waals surface area contributed by atoms with E-state index in [0.29, 0.717) is 31.8 Å². The fourth-order valence-electron chi connectivity index (χ4n) is 4.79. The first-order valence-corrected chi connectivity index (χ1v) is 12.5. The highest BCUT2D eigenvalue weighted by atomic mass is 16.6. The van der Waals surface area contributed by atoms with Crippen LogP contribution in [0.5, 0.6) is 11.5 Å². The molecule has 1 atom stereocenters. The molecule has 0 radical (unpaired) electrons. The molecule has 0 bridgehead atoms. The zero-order valence-corrected chi connectivity index (χ0v) is 20.7. The van der Waals surface area contributed by atoms with Crippen molar-refractivity contribution in [3.8, 4) is 11.5 Å². The number of rotatable bonds is 9. The third-order valence-corrected chi connectivity index (χ3v) is 6.98. The molecule has 1 amide bonds. The number of nitro groups is 1. The Morgan fingerprint density at radius 1 is 1.16 bits per heavy atom. The van der Waals surface area contributed by atoms with Gasteiger partial charge in [0.1, 0.15) is 6.42 Å². The van der Waals surface area contributed by atoms with Crippen molar-refractivity contribution in [3.05, 3.63) is 70.0 Å². The number of aromatic nitrogens is 3. The minimum atomic E-state index is -0.657. The predicted molar refractivity (Wildman–Crippen MR) is 136 cm³/mol. The number of H-pyrrole nitrogens is 1. The Bertz CT molecular complexity index is 1250. The number of hydrogen-bond donors (Lipinski definition) is 1. The number of aromatic amines is 1. The van der Waals surface area contributed by atoms with E-state index in [1.165, 1.54) is 6.42 Å². The van der Waals surface area contributed by atoms with Crippen molar-refractivity contribution >= 4 is 17.5 Å². The topological polar surface area (TPSA) is 127 Å². The molecule has 1 saturated heterocycles. The maximum atomic E-state index is 13.3. The van der Waals surface area contributed by atoms with Gasteiger partial charge < -0.3 is 29.4 Å². The Morgan fingerprint density at radius 2 is 1.97 bits per heavy atom. The van der Waals surface area contributed by atoms with Crippen LogP contribution in [0.3, 0.4) is 0 Å². The maximum Gasteiger partial charge on any atom is 0.453 e. The molecular formula is C26H30N6O5. The SMILES string of the molecule is COc1ccc(N2CCN(C(=O)Cc3n[nH]c([N+](=O)[O-])n3)[C@@H](Cc3ccccc3)C2)cc1OC1CCC1. The molecule has 3 aromatic rings. The number of anilines is 1.